The Hall–Kier alpha value is -3.93. The molecule has 1 aliphatic rings. The van der Waals surface area contributed by atoms with Crippen LogP contribution in [0.4, 0.5) is 0 Å². The Morgan fingerprint density at radius 3 is 2.58 bits per heavy atom. The Balaban J connectivity index is 1.72. The summed E-state index contributed by atoms with van der Waals surface area (Å²) in [6.07, 6.45) is 3.42. The molecule has 2 aromatic heterocycles. The Labute approximate surface area is 191 Å². The van der Waals surface area contributed by atoms with Crippen molar-refractivity contribution in [2.75, 3.05) is 6.61 Å². The molecule has 0 radical (unpaired) electrons. The maximum atomic E-state index is 13.7. The van der Waals surface area contributed by atoms with E-state index in [0.29, 0.717) is 29.7 Å². The van der Waals surface area contributed by atoms with Crippen LogP contribution in [0.2, 0.25) is 0 Å². The maximum absolute atomic E-state index is 13.7. The van der Waals surface area contributed by atoms with E-state index in [1.165, 1.54) is 0 Å². The number of ether oxygens (including phenoxy) is 1. The highest BCUT2D eigenvalue weighted by atomic mass is 16.5. The quantitative estimate of drug-likeness (QED) is 0.439. The van der Waals surface area contributed by atoms with Gasteiger partial charge in [0.1, 0.15) is 11.3 Å². The molecule has 0 bridgehead atoms. The molecule has 0 spiro atoms. The number of nitrogens with zero attached hydrogens (tertiary/aromatic N) is 2. The molecule has 0 N–H and O–H groups in total. The molecule has 0 unspecified atom stereocenters. The summed E-state index contributed by atoms with van der Waals surface area (Å²) in [5.74, 6) is 0.551. The number of fused-ring (bicyclic) bond motifs is 2. The van der Waals surface area contributed by atoms with E-state index >= 15 is 0 Å². The first-order valence-electron chi connectivity index (χ1n) is 11.0. The summed E-state index contributed by atoms with van der Waals surface area (Å²) >= 11 is 0. The molecule has 2 aromatic carbocycles. The van der Waals surface area contributed by atoms with Crippen LogP contribution in [0.3, 0.4) is 0 Å². The molecule has 33 heavy (non-hydrogen) atoms. The fourth-order valence-corrected chi connectivity index (χ4v) is 4.59. The molecule has 6 nitrogen and oxygen atoms in total. The van der Waals surface area contributed by atoms with Crippen molar-refractivity contribution in [3.05, 3.63) is 105 Å². The van der Waals surface area contributed by atoms with E-state index in [1.54, 1.807) is 17.3 Å². The number of benzene rings is 2. The summed E-state index contributed by atoms with van der Waals surface area (Å²) in [6.45, 7) is 6.63. The minimum atomic E-state index is -0.565. The van der Waals surface area contributed by atoms with E-state index in [9.17, 15) is 9.59 Å². The average Bonchev–Trinajstić information content (AvgIpc) is 3.08. The molecule has 166 valence electrons. The molecule has 0 aliphatic carbocycles. The highest BCUT2D eigenvalue weighted by Gasteiger charge is 2.42. The zero-order valence-electron chi connectivity index (χ0n) is 18.8. The van der Waals surface area contributed by atoms with Gasteiger partial charge in [-0.15, -0.1) is 0 Å². The number of hydrogen-bond donors (Lipinski definition) is 0. The monoisotopic (exact) mass is 440 g/mol. The average molecular weight is 440 g/mol. The molecule has 1 aliphatic heterocycles. The maximum Gasteiger partial charge on any atom is 0.291 e. The Kier molecular flexibility index (Phi) is 5.21. The largest absolute Gasteiger partial charge is 0.494 e. The molecule has 5 rings (SSSR count). The molecule has 1 atom stereocenters. The van der Waals surface area contributed by atoms with Gasteiger partial charge < -0.3 is 14.1 Å². The first-order valence-corrected chi connectivity index (χ1v) is 11.0. The van der Waals surface area contributed by atoms with Gasteiger partial charge in [0, 0.05) is 18.9 Å². The van der Waals surface area contributed by atoms with Crippen LogP contribution < -0.4 is 10.2 Å². The number of pyridine rings is 1. The van der Waals surface area contributed by atoms with Gasteiger partial charge >= 0.3 is 0 Å². The van der Waals surface area contributed by atoms with Crippen molar-refractivity contribution in [3.8, 4) is 5.75 Å². The summed E-state index contributed by atoms with van der Waals surface area (Å²) < 4.78 is 11.7. The van der Waals surface area contributed by atoms with Crippen molar-refractivity contribution in [1.82, 2.24) is 9.88 Å². The fraction of sp³-hybridized carbons (Fsp3) is 0.222. The van der Waals surface area contributed by atoms with Crippen molar-refractivity contribution >= 4 is 16.9 Å². The lowest BCUT2D eigenvalue weighted by Gasteiger charge is -2.25. The molecule has 3 heterocycles. The molecule has 4 aromatic rings. The number of amides is 1. The minimum absolute atomic E-state index is 0.113. The third-order valence-corrected chi connectivity index (χ3v) is 5.98. The second kappa shape index (κ2) is 8.20. The fourth-order valence-electron chi connectivity index (χ4n) is 4.59. The van der Waals surface area contributed by atoms with Crippen LogP contribution >= 0.6 is 0 Å². The molecule has 0 saturated carbocycles. The van der Waals surface area contributed by atoms with Gasteiger partial charge in [-0.25, -0.2) is 0 Å². The van der Waals surface area contributed by atoms with E-state index < -0.39 is 6.04 Å². The summed E-state index contributed by atoms with van der Waals surface area (Å²) in [4.78, 5) is 33.2. The number of rotatable bonds is 5. The zero-order chi connectivity index (χ0) is 23.1. The summed E-state index contributed by atoms with van der Waals surface area (Å²) in [7, 11) is 0. The van der Waals surface area contributed by atoms with Gasteiger partial charge in [0.15, 0.2) is 5.43 Å². The topological polar surface area (TPSA) is 72.6 Å². The molecular weight excluding hydrogens is 416 g/mol. The van der Waals surface area contributed by atoms with Crippen LogP contribution in [-0.4, -0.2) is 22.4 Å². The van der Waals surface area contributed by atoms with Crippen LogP contribution in [-0.2, 0) is 6.54 Å². The molecule has 1 amide bonds. The molecule has 6 heteroatoms. The molecular formula is C27H24N2O4. The first-order chi connectivity index (χ1) is 16.0. The first kappa shape index (κ1) is 20.9. The van der Waals surface area contributed by atoms with E-state index in [4.69, 9.17) is 9.15 Å². The Bertz CT molecular complexity index is 1410. The smallest absolute Gasteiger partial charge is 0.291 e. The number of carbonyl (C=O) groups is 1. The standard InChI is InChI=1S/C27H24N2O4/c1-4-32-20-9-7-19(8-10-20)23-22-24(30)21-13-16(2)12-17(3)25(21)33-26(22)27(31)29(23)15-18-6-5-11-28-14-18/h5-14,23H,4,15H2,1-3H3/t23-/m0/s1. The van der Waals surface area contributed by atoms with E-state index in [0.717, 1.165) is 28.0 Å². The predicted octanol–water partition coefficient (Wildman–Crippen LogP) is 4.95. The van der Waals surface area contributed by atoms with Crippen LogP contribution in [0.1, 0.15) is 51.3 Å². The van der Waals surface area contributed by atoms with Gasteiger partial charge in [0.25, 0.3) is 5.91 Å². The summed E-state index contributed by atoms with van der Waals surface area (Å²) in [6, 6.07) is 14.5. The summed E-state index contributed by atoms with van der Waals surface area (Å²) in [5.41, 5.74) is 4.18. The lowest BCUT2D eigenvalue weighted by molar-refractivity contribution is 0.0714. The van der Waals surface area contributed by atoms with E-state index in [-0.39, 0.29) is 17.1 Å². The van der Waals surface area contributed by atoms with E-state index in [2.05, 4.69) is 4.98 Å². The lowest BCUT2D eigenvalue weighted by atomic mass is 9.97. The van der Waals surface area contributed by atoms with Gasteiger partial charge in [0.2, 0.25) is 5.76 Å². The second-order valence-electron chi connectivity index (χ2n) is 8.33. The lowest BCUT2D eigenvalue weighted by Crippen LogP contribution is -2.29. The predicted molar refractivity (Wildman–Crippen MR) is 126 cm³/mol. The highest BCUT2D eigenvalue weighted by molar-refractivity contribution is 5.99. The van der Waals surface area contributed by atoms with Gasteiger partial charge in [-0.3, -0.25) is 14.6 Å². The third-order valence-electron chi connectivity index (χ3n) is 5.98. The van der Waals surface area contributed by atoms with Crippen molar-refractivity contribution < 1.29 is 13.9 Å². The van der Waals surface area contributed by atoms with Gasteiger partial charge in [0.05, 0.1) is 23.6 Å². The van der Waals surface area contributed by atoms with Crippen LogP contribution in [0.15, 0.2) is 70.1 Å². The van der Waals surface area contributed by atoms with Crippen LogP contribution in [0.25, 0.3) is 11.0 Å². The van der Waals surface area contributed by atoms with Crippen molar-refractivity contribution in [3.63, 3.8) is 0 Å². The Morgan fingerprint density at radius 1 is 1.09 bits per heavy atom. The second-order valence-corrected chi connectivity index (χ2v) is 8.33. The normalized spacial score (nSPS) is 15.2. The Morgan fingerprint density at radius 2 is 1.88 bits per heavy atom. The van der Waals surface area contributed by atoms with Crippen molar-refractivity contribution in [2.45, 2.75) is 33.4 Å². The zero-order valence-corrected chi connectivity index (χ0v) is 18.8. The molecule has 0 saturated heterocycles. The third kappa shape index (κ3) is 3.57. The number of aromatic nitrogens is 1. The van der Waals surface area contributed by atoms with Gasteiger partial charge in [-0.05, 0) is 67.3 Å². The van der Waals surface area contributed by atoms with Crippen molar-refractivity contribution in [2.24, 2.45) is 0 Å². The number of aryl methyl sites for hydroxylation is 2. The minimum Gasteiger partial charge on any atom is -0.494 e. The van der Waals surface area contributed by atoms with Gasteiger partial charge in [-0.1, -0.05) is 24.3 Å². The SMILES string of the molecule is CCOc1ccc([C@H]2c3c(oc4c(C)cc(C)cc4c3=O)C(=O)N2Cc2cccnc2)cc1. The molecule has 0 fully saturated rings. The summed E-state index contributed by atoms with van der Waals surface area (Å²) in [5, 5.41) is 0.498. The van der Waals surface area contributed by atoms with Gasteiger partial charge in [-0.2, -0.15) is 0 Å². The van der Waals surface area contributed by atoms with Crippen LogP contribution in [0.5, 0.6) is 5.75 Å². The number of hydrogen-bond acceptors (Lipinski definition) is 5. The number of carbonyl (C=O) groups excluding carboxylic acids is 1. The van der Waals surface area contributed by atoms with Crippen LogP contribution in [0, 0.1) is 13.8 Å². The van der Waals surface area contributed by atoms with E-state index in [1.807, 2.05) is 69.3 Å². The highest BCUT2D eigenvalue weighted by Crippen LogP contribution is 2.40. The van der Waals surface area contributed by atoms with Crippen molar-refractivity contribution in [1.29, 1.82) is 0 Å².